The molecule has 1 heterocycles. The number of halogens is 1. The molecule has 10 nitrogen and oxygen atoms in total. The molecule has 1 unspecified atom stereocenters. The number of alkyl carbamates (subject to hydrolysis) is 1. The van der Waals surface area contributed by atoms with Gasteiger partial charge in [-0.05, 0) is 52.2 Å². The number of thiocarbonyl (C=S) groups is 1. The van der Waals surface area contributed by atoms with E-state index in [9.17, 15) is 14.4 Å². The molecule has 184 valence electrons. The highest BCUT2D eigenvalue weighted by Gasteiger charge is 2.37. The van der Waals surface area contributed by atoms with Gasteiger partial charge in [-0.15, -0.1) is 0 Å². The first-order valence-electron chi connectivity index (χ1n) is 10.7. The van der Waals surface area contributed by atoms with E-state index in [0.29, 0.717) is 30.2 Å². The Hall–Kier alpha value is -2.53. The Balaban J connectivity index is 2.06. The van der Waals surface area contributed by atoms with Crippen molar-refractivity contribution in [2.75, 3.05) is 21.1 Å². The van der Waals surface area contributed by atoms with Crippen LogP contribution in [0, 0.1) is 5.92 Å². The summed E-state index contributed by atoms with van der Waals surface area (Å²) in [7, 11) is 5.11. The van der Waals surface area contributed by atoms with Crippen molar-refractivity contribution in [1.29, 1.82) is 0 Å². The van der Waals surface area contributed by atoms with Crippen molar-refractivity contribution in [3.05, 3.63) is 23.1 Å². The van der Waals surface area contributed by atoms with Crippen LogP contribution in [0.1, 0.15) is 40.0 Å². The fourth-order valence-electron chi connectivity index (χ4n) is 3.57. The summed E-state index contributed by atoms with van der Waals surface area (Å²) in [6.07, 6.45) is 4.21. The van der Waals surface area contributed by atoms with Gasteiger partial charge in [0, 0.05) is 33.1 Å². The van der Waals surface area contributed by atoms with Crippen molar-refractivity contribution in [3.63, 3.8) is 0 Å². The number of rotatable bonds is 4. The number of ether oxygens (including phenoxy) is 1. The molecule has 1 aliphatic carbocycles. The quantitative estimate of drug-likeness (QED) is 0.339. The van der Waals surface area contributed by atoms with E-state index in [4.69, 9.17) is 28.6 Å². The highest BCUT2D eigenvalue weighted by atomic mass is 35.5. The van der Waals surface area contributed by atoms with Gasteiger partial charge in [-0.3, -0.25) is 20.0 Å². The summed E-state index contributed by atoms with van der Waals surface area (Å²) in [5.74, 6) is -0.342. The molecular weight excluding hydrogens is 468 g/mol. The lowest BCUT2D eigenvalue weighted by molar-refractivity contribution is -0.134. The summed E-state index contributed by atoms with van der Waals surface area (Å²) < 4.78 is 5.38. The van der Waals surface area contributed by atoms with E-state index >= 15 is 0 Å². The third-order valence-corrected chi connectivity index (χ3v) is 5.79. The van der Waals surface area contributed by atoms with Crippen LogP contribution in [0.5, 0.6) is 0 Å². The zero-order valence-electron chi connectivity index (χ0n) is 19.8. The molecule has 1 aliphatic heterocycles. The number of amides is 3. The molecular formula is C21H33ClN6O4S. The Morgan fingerprint density at radius 1 is 1.18 bits per heavy atom. The van der Waals surface area contributed by atoms with E-state index < -0.39 is 23.6 Å². The predicted molar refractivity (Wildman–Crippen MR) is 130 cm³/mol. The van der Waals surface area contributed by atoms with Gasteiger partial charge in [-0.1, -0.05) is 23.8 Å². The Morgan fingerprint density at radius 2 is 1.85 bits per heavy atom. The molecule has 0 aromatic rings. The summed E-state index contributed by atoms with van der Waals surface area (Å²) in [5.41, 5.74) is 2.23. The zero-order chi connectivity index (χ0) is 24.9. The standard InChI is InChI=1S/C21H33ClN6O4S/c1-21(2,3)32-20(31)24-14-11-12(19(30)27(4)5)7-8-13(14)23-18(33)17(29)25-16-10-9-15(22)28(6)26-16/h9-10,12-14,26H,7-8,11H2,1-6H3,(H,23,33)(H,24,31)(H,25,29)/t12-,13-,14?/m0/s1. The average Bonchev–Trinajstić information content (AvgIpc) is 2.69. The third kappa shape index (κ3) is 8.08. The second kappa shape index (κ2) is 11.1. The Labute approximate surface area is 205 Å². The molecule has 0 bridgehead atoms. The molecule has 0 spiro atoms. The van der Waals surface area contributed by atoms with Crippen LogP contribution in [-0.2, 0) is 14.3 Å². The molecule has 4 N–H and O–H groups in total. The minimum Gasteiger partial charge on any atom is -0.444 e. The highest BCUT2D eigenvalue weighted by Crippen LogP contribution is 2.27. The van der Waals surface area contributed by atoms with Crippen molar-refractivity contribution >= 4 is 46.7 Å². The molecule has 1 saturated carbocycles. The van der Waals surface area contributed by atoms with Gasteiger partial charge in [0.05, 0.1) is 6.04 Å². The van der Waals surface area contributed by atoms with Crippen LogP contribution in [0.4, 0.5) is 4.79 Å². The normalized spacial score (nSPS) is 22.8. The lowest BCUT2D eigenvalue weighted by Crippen LogP contribution is -2.58. The summed E-state index contributed by atoms with van der Waals surface area (Å²) >= 11 is 11.3. The van der Waals surface area contributed by atoms with E-state index in [-0.39, 0.29) is 22.9 Å². The molecule has 0 saturated heterocycles. The number of carbonyl (C=O) groups excluding carboxylic acids is 3. The van der Waals surface area contributed by atoms with Gasteiger partial charge < -0.3 is 25.6 Å². The van der Waals surface area contributed by atoms with Crippen molar-refractivity contribution < 1.29 is 19.1 Å². The first kappa shape index (κ1) is 26.7. The number of hydrogen-bond acceptors (Lipinski definition) is 7. The first-order valence-corrected chi connectivity index (χ1v) is 11.5. The fraction of sp³-hybridized carbons (Fsp3) is 0.619. The van der Waals surface area contributed by atoms with Gasteiger partial charge in [0.15, 0.2) is 4.99 Å². The van der Waals surface area contributed by atoms with Crippen molar-refractivity contribution in [2.45, 2.75) is 57.7 Å². The Morgan fingerprint density at radius 3 is 2.42 bits per heavy atom. The number of nitrogens with zero attached hydrogens (tertiary/aromatic N) is 2. The van der Waals surface area contributed by atoms with Gasteiger partial charge in [0.2, 0.25) is 5.91 Å². The molecule has 0 aromatic carbocycles. The van der Waals surface area contributed by atoms with Gasteiger partial charge in [-0.2, -0.15) is 0 Å². The fourth-order valence-corrected chi connectivity index (χ4v) is 3.88. The minimum absolute atomic E-state index is 0.00379. The Kier molecular flexibility index (Phi) is 8.96. The molecule has 3 atom stereocenters. The molecule has 2 rings (SSSR count). The molecule has 1 fully saturated rings. The first-order chi connectivity index (χ1) is 15.3. The lowest BCUT2D eigenvalue weighted by Gasteiger charge is -2.37. The number of hydrazine groups is 1. The number of carbonyl (C=O) groups is 3. The second-order valence-corrected chi connectivity index (χ2v) is 10.1. The van der Waals surface area contributed by atoms with Crippen LogP contribution in [-0.4, -0.2) is 71.6 Å². The van der Waals surface area contributed by atoms with Crippen LogP contribution < -0.4 is 21.4 Å². The summed E-state index contributed by atoms with van der Waals surface area (Å²) in [6, 6.07) is -0.791. The zero-order valence-corrected chi connectivity index (χ0v) is 21.4. The van der Waals surface area contributed by atoms with Gasteiger partial charge in [0.1, 0.15) is 16.6 Å². The van der Waals surface area contributed by atoms with Crippen molar-refractivity contribution in [3.8, 4) is 0 Å². The van der Waals surface area contributed by atoms with Gasteiger partial charge in [-0.25, -0.2) is 4.79 Å². The lowest BCUT2D eigenvalue weighted by atomic mass is 9.81. The molecule has 33 heavy (non-hydrogen) atoms. The van der Waals surface area contributed by atoms with E-state index in [0.717, 1.165) is 0 Å². The smallest absolute Gasteiger partial charge is 0.407 e. The van der Waals surface area contributed by atoms with E-state index in [1.807, 2.05) is 0 Å². The third-order valence-electron chi connectivity index (χ3n) is 5.11. The monoisotopic (exact) mass is 500 g/mol. The molecule has 12 heteroatoms. The summed E-state index contributed by atoms with van der Waals surface area (Å²) in [5, 5.41) is 10.6. The number of nitrogens with one attached hydrogen (secondary N) is 4. The highest BCUT2D eigenvalue weighted by molar-refractivity contribution is 7.82. The summed E-state index contributed by atoms with van der Waals surface area (Å²) in [6.45, 7) is 5.32. The predicted octanol–water partition coefficient (Wildman–Crippen LogP) is 1.54. The molecule has 0 radical (unpaired) electrons. The number of hydrogen-bond donors (Lipinski definition) is 4. The van der Waals surface area contributed by atoms with Crippen molar-refractivity contribution in [1.82, 2.24) is 31.3 Å². The van der Waals surface area contributed by atoms with Crippen LogP contribution in [0.2, 0.25) is 0 Å². The molecule has 2 aliphatic rings. The van der Waals surface area contributed by atoms with Gasteiger partial charge in [0.25, 0.3) is 5.91 Å². The van der Waals surface area contributed by atoms with Crippen LogP contribution in [0.15, 0.2) is 23.1 Å². The maximum absolute atomic E-state index is 12.6. The van der Waals surface area contributed by atoms with E-state index in [1.165, 1.54) is 5.01 Å². The molecule has 3 amide bonds. The van der Waals surface area contributed by atoms with Crippen LogP contribution >= 0.6 is 23.8 Å². The summed E-state index contributed by atoms with van der Waals surface area (Å²) in [4.78, 5) is 39.1. The largest absolute Gasteiger partial charge is 0.444 e. The topological polar surface area (TPSA) is 115 Å². The minimum atomic E-state index is -0.666. The maximum Gasteiger partial charge on any atom is 0.407 e. The molecule has 0 aromatic heterocycles. The maximum atomic E-state index is 12.6. The average molecular weight is 501 g/mol. The van der Waals surface area contributed by atoms with E-state index in [1.54, 1.807) is 59.0 Å². The van der Waals surface area contributed by atoms with Crippen molar-refractivity contribution in [2.24, 2.45) is 5.92 Å². The van der Waals surface area contributed by atoms with Crippen LogP contribution in [0.25, 0.3) is 0 Å². The second-order valence-electron chi connectivity index (χ2n) is 9.27. The van der Waals surface area contributed by atoms with Gasteiger partial charge >= 0.3 is 6.09 Å². The Bertz CT molecular complexity index is 854. The number of allylic oxidation sites excluding steroid dienone is 2. The van der Waals surface area contributed by atoms with E-state index in [2.05, 4.69) is 21.4 Å². The SMILES string of the molecule is CN(C)C(=O)[C@H]1CC[C@H](NC(=S)C(=O)NC2=CC=C(Cl)N(C)N2)C(NC(=O)OC(C)(C)C)C1. The van der Waals surface area contributed by atoms with Crippen LogP contribution in [0.3, 0.4) is 0 Å².